The highest BCUT2D eigenvalue weighted by Gasteiger charge is 2.20. The zero-order chi connectivity index (χ0) is 18.4. The molecule has 2 rings (SSSR count). The lowest BCUT2D eigenvalue weighted by Gasteiger charge is -2.09. The minimum Gasteiger partial charge on any atom is -0.497 e. The van der Waals surface area contributed by atoms with Gasteiger partial charge in [0.1, 0.15) is 17.6 Å². The first kappa shape index (κ1) is 18.6. The second kappa shape index (κ2) is 7.92. The molecule has 0 spiro atoms. The first-order valence-electron chi connectivity index (χ1n) is 7.01. The largest absolute Gasteiger partial charge is 0.497 e. The van der Waals surface area contributed by atoms with Crippen LogP contribution in [0.15, 0.2) is 58.5 Å². The van der Waals surface area contributed by atoms with E-state index in [4.69, 9.17) is 21.1 Å². The highest BCUT2D eigenvalue weighted by Crippen LogP contribution is 2.26. The predicted molar refractivity (Wildman–Crippen MR) is 95.5 cm³/mol. The van der Waals surface area contributed by atoms with Gasteiger partial charge >= 0.3 is 0 Å². The van der Waals surface area contributed by atoms with Gasteiger partial charge in [0.2, 0.25) is 9.84 Å². The summed E-state index contributed by atoms with van der Waals surface area (Å²) >= 11 is 5.76. The van der Waals surface area contributed by atoms with E-state index in [1.807, 2.05) is 0 Å². The Morgan fingerprint density at radius 2 is 1.68 bits per heavy atom. The number of rotatable bonds is 6. The Balaban J connectivity index is 2.35. The number of ether oxygens (including phenoxy) is 2. The van der Waals surface area contributed by atoms with Gasteiger partial charge in [-0.3, -0.25) is 0 Å². The minimum atomic E-state index is -3.95. The first-order chi connectivity index (χ1) is 11.9. The number of benzene rings is 2. The number of methoxy groups -OCH3 is 2. The zero-order valence-electron chi connectivity index (χ0n) is 13.5. The maximum atomic E-state index is 12.5. The van der Waals surface area contributed by atoms with Crippen LogP contribution >= 0.6 is 11.6 Å². The van der Waals surface area contributed by atoms with Gasteiger partial charge in [0.05, 0.1) is 19.1 Å². The monoisotopic (exact) mass is 378 g/mol. The summed E-state index contributed by atoms with van der Waals surface area (Å²) in [7, 11) is -0.953. The third kappa shape index (κ3) is 4.44. The van der Waals surface area contributed by atoms with E-state index in [2.05, 4.69) is 5.32 Å². The van der Waals surface area contributed by atoms with Crippen molar-refractivity contribution in [1.29, 1.82) is 5.26 Å². The number of nitriles is 1. The van der Waals surface area contributed by atoms with Crippen LogP contribution in [-0.2, 0) is 9.84 Å². The van der Waals surface area contributed by atoms with Gasteiger partial charge in [-0.1, -0.05) is 11.6 Å². The van der Waals surface area contributed by atoms with Crippen molar-refractivity contribution in [2.24, 2.45) is 0 Å². The van der Waals surface area contributed by atoms with Gasteiger partial charge in [-0.25, -0.2) is 8.42 Å². The van der Waals surface area contributed by atoms with Gasteiger partial charge in [-0.15, -0.1) is 0 Å². The molecule has 2 aromatic carbocycles. The summed E-state index contributed by atoms with van der Waals surface area (Å²) in [5.41, 5.74) is 0.509. The summed E-state index contributed by atoms with van der Waals surface area (Å²) in [5, 5.41) is 12.4. The molecule has 0 aliphatic heterocycles. The Kier molecular flexibility index (Phi) is 5.91. The lowest BCUT2D eigenvalue weighted by atomic mass is 10.3. The Morgan fingerprint density at radius 1 is 1.12 bits per heavy atom. The van der Waals surface area contributed by atoms with Gasteiger partial charge in [-0.2, -0.15) is 5.26 Å². The molecule has 130 valence electrons. The van der Waals surface area contributed by atoms with Crippen molar-refractivity contribution >= 4 is 27.1 Å². The number of nitrogens with one attached hydrogen (secondary N) is 1. The molecule has 0 aliphatic rings. The highest BCUT2D eigenvalue weighted by molar-refractivity contribution is 7.95. The second-order valence-electron chi connectivity index (χ2n) is 4.82. The summed E-state index contributed by atoms with van der Waals surface area (Å²) in [6.07, 6.45) is 1.12. The fourth-order valence-electron chi connectivity index (χ4n) is 1.95. The predicted octanol–water partition coefficient (Wildman–Crippen LogP) is 3.61. The summed E-state index contributed by atoms with van der Waals surface area (Å²) in [6.45, 7) is 0. The molecule has 0 unspecified atom stereocenters. The molecule has 0 saturated carbocycles. The van der Waals surface area contributed by atoms with Crippen LogP contribution in [0.1, 0.15) is 0 Å². The molecule has 25 heavy (non-hydrogen) atoms. The second-order valence-corrected chi connectivity index (χ2v) is 7.18. The molecule has 0 atom stereocenters. The number of hydrogen-bond donors (Lipinski definition) is 1. The Bertz CT molecular complexity index is 910. The molecule has 0 radical (unpaired) electrons. The molecule has 0 aliphatic carbocycles. The lowest BCUT2D eigenvalue weighted by molar-refractivity contribution is 0.395. The van der Waals surface area contributed by atoms with Crippen molar-refractivity contribution < 1.29 is 17.9 Å². The SMILES string of the molecule is COc1cc(N/C=C(\C#N)S(=O)(=O)c2ccc(Cl)cc2)cc(OC)c1. The van der Waals surface area contributed by atoms with Gasteiger partial charge in [0, 0.05) is 35.1 Å². The minimum absolute atomic E-state index is 0.0188. The zero-order valence-corrected chi connectivity index (χ0v) is 15.1. The molecule has 2 aromatic rings. The molecule has 0 saturated heterocycles. The van der Waals surface area contributed by atoms with Gasteiger partial charge in [0.15, 0.2) is 4.91 Å². The normalized spacial score (nSPS) is 11.5. The van der Waals surface area contributed by atoms with Crippen LogP contribution in [0.2, 0.25) is 5.02 Å². The highest BCUT2D eigenvalue weighted by atomic mass is 35.5. The van der Waals surface area contributed by atoms with Crippen molar-refractivity contribution in [2.45, 2.75) is 4.90 Å². The van der Waals surface area contributed by atoms with Crippen molar-refractivity contribution in [3.63, 3.8) is 0 Å². The van der Waals surface area contributed by atoms with Crippen LogP contribution < -0.4 is 14.8 Å². The molecular formula is C17H15ClN2O4S. The average molecular weight is 379 g/mol. The Hall–Kier alpha value is -2.69. The van der Waals surface area contributed by atoms with Crippen molar-refractivity contribution in [3.8, 4) is 17.6 Å². The number of allylic oxidation sites excluding steroid dienone is 1. The fourth-order valence-corrected chi connectivity index (χ4v) is 3.16. The van der Waals surface area contributed by atoms with E-state index in [1.54, 1.807) is 24.3 Å². The molecule has 0 heterocycles. The van der Waals surface area contributed by atoms with E-state index in [0.29, 0.717) is 22.2 Å². The topological polar surface area (TPSA) is 88.4 Å². The third-order valence-corrected chi connectivity index (χ3v) is 5.18. The van der Waals surface area contributed by atoms with Crippen LogP contribution in [0, 0.1) is 11.3 Å². The standard InChI is InChI=1S/C17H15ClN2O4S/c1-23-14-7-13(8-15(9-14)24-2)20-11-17(10-19)25(21,22)16-5-3-12(18)4-6-16/h3-9,11,20H,1-2H3/b17-11+. The van der Waals surface area contributed by atoms with Crippen LogP contribution in [-0.4, -0.2) is 22.6 Å². The van der Waals surface area contributed by atoms with Crippen molar-refractivity contribution in [1.82, 2.24) is 0 Å². The van der Waals surface area contributed by atoms with Gasteiger partial charge < -0.3 is 14.8 Å². The number of sulfone groups is 1. The number of halogens is 1. The number of hydrogen-bond acceptors (Lipinski definition) is 6. The Morgan fingerprint density at radius 3 is 2.16 bits per heavy atom. The van der Waals surface area contributed by atoms with Crippen LogP contribution in [0.4, 0.5) is 5.69 Å². The first-order valence-corrected chi connectivity index (χ1v) is 8.87. The molecule has 0 amide bonds. The molecule has 6 nitrogen and oxygen atoms in total. The van der Waals surface area contributed by atoms with Crippen LogP contribution in [0.5, 0.6) is 11.5 Å². The van der Waals surface area contributed by atoms with E-state index in [0.717, 1.165) is 6.20 Å². The van der Waals surface area contributed by atoms with E-state index in [1.165, 1.54) is 38.5 Å². The Labute approximate surface area is 151 Å². The molecule has 0 aromatic heterocycles. The molecule has 0 fully saturated rings. The van der Waals surface area contributed by atoms with Gasteiger partial charge in [-0.05, 0) is 24.3 Å². The van der Waals surface area contributed by atoms with Crippen molar-refractivity contribution in [3.05, 3.63) is 58.6 Å². The van der Waals surface area contributed by atoms with Crippen LogP contribution in [0.3, 0.4) is 0 Å². The summed E-state index contributed by atoms with van der Waals surface area (Å²) in [5.74, 6) is 1.05. The van der Waals surface area contributed by atoms with Crippen LogP contribution in [0.25, 0.3) is 0 Å². The maximum Gasteiger partial charge on any atom is 0.218 e. The average Bonchev–Trinajstić information content (AvgIpc) is 2.62. The number of anilines is 1. The van der Waals surface area contributed by atoms with Crippen molar-refractivity contribution in [2.75, 3.05) is 19.5 Å². The molecule has 0 bridgehead atoms. The van der Waals surface area contributed by atoms with E-state index in [-0.39, 0.29) is 4.90 Å². The van der Waals surface area contributed by atoms with Gasteiger partial charge in [0.25, 0.3) is 0 Å². The maximum absolute atomic E-state index is 12.5. The summed E-state index contributed by atoms with van der Waals surface area (Å²) in [6, 6.07) is 12.2. The third-order valence-electron chi connectivity index (χ3n) is 3.25. The number of nitrogens with zero attached hydrogens (tertiary/aromatic N) is 1. The van der Waals surface area contributed by atoms with E-state index < -0.39 is 14.7 Å². The molecule has 1 N–H and O–H groups in total. The lowest BCUT2D eigenvalue weighted by Crippen LogP contribution is -2.05. The summed E-state index contributed by atoms with van der Waals surface area (Å²) in [4.78, 5) is -0.452. The molecule has 8 heteroatoms. The van der Waals surface area contributed by atoms with E-state index in [9.17, 15) is 13.7 Å². The quantitative estimate of drug-likeness (QED) is 0.772. The smallest absolute Gasteiger partial charge is 0.218 e. The molecular weight excluding hydrogens is 364 g/mol. The van der Waals surface area contributed by atoms with E-state index >= 15 is 0 Å². The summed E-state index contributed by atoms with van der Waals surface area (Å²) < 4.78 is 35.3. The fraction of sp³-hybridized carbons (Fsp3) is 0.118.